The van der Waals surface area contributed by atoms with Gasteiger partial charge < -0.3 is 15.3 Å². The van der Waals surface area contributed by atoms with Gasteiger partial charge in [0.1, 0.15) is 0 Å². The van der Waals surface area contributed by atoms with E-state index < -0.39 is 0 Å². The highest BCUT2D eigenvalue weighted by Gasteiger charge is 2.14. The van der Waals surface area contributed by atoms with Crippen LogP contribution in [0.4, 0.5) is 0 Å². The van der Waals surface area contributed by atoms with Gasteiger partial charge in [-0.15, -0.1) is 0 Å². The van der Waals surface area contributed by atoms with Gasteiger partial charge in [0.25, 0.3) is 0 Å². The van der Waals surface area contributed by atoms with Crippen molar-refractivity contribution in [2.75, 3.05) is 7.05 Å². The molecule has 0 spiro atoms. The Balaban J connectivity index is 2.19. The van der Waals surface area contributed by atoms with E-state index in [9.17, 15) is 4.79 Å². The van der Waals surface area contributed by atoms with Crippen molar-refractivity contribution in [2.24, 2.45) is 0 Å². The highest BCUT2D eigenvalue weighted by atomic mass is 79.9. The minimum absolute atomic E-state index is 0.159. The Morgan fingerprint density at radius 1 is 1.20 bits per heavy atom. The molecule has 1 aromatic carbocycles. The molecule has 4 nitrogen and oxygen atoms in total. The maximum Gasteiger partial charge on any atom is 0.323 e. The third kappa shape index (κ3) is 3.52. The molecule has 2 aromatic rings. The van der Waals surface area contributed by atoms with Crippen LogP contribution in [-0.4, -0.2) is 17.0 Å². The Hall–Kier alpha value is -1.07. The van der Waals surface area contributed by atoms with Gasteiger partial charge in [0.05, 0.1) is 11.0 Å². The lowest BCUT2D eigenvalue weighted by Crippen LogP contribution is -2.16. The summed E-state index contributed by atoms with van der Waals surface area (Å²) in [4.78, 5) is 17.0. The molecular formula is C15H22BrN3O. The average molecular weight is 340 g/mol. The van der Waals surface area contributed by atoms with E-state index in [1.165, 1.54) is 31.2 Å². The van der Waals surface area contributed by atoms with E-state index in [2.05, 4.69) is 44.2 Å². The summed E-state index contributed by atoms with van der Waals surface area (Å²) in [6.45, 7) is 2.22. The number of imidazole rings is 1. The quantitative estimate of drug-likeness (QED) is 0.671. The molecule has 0 bridgehead atoms. The van der Waals surface area contributed by atoms with Gasteiger partial charge >= 0.3 is 5.69 Å². The molecule has 0 fully saturated rings. The third-order valence-corrected chi connectivity index (χ3v) is 4.39. The van der Waals surface area contributed by atoms with Crippen molar-refractivity contribution in [2.45, 2.75) is 45.1 Å². The number of unbranched alkanes of at least 4 members (excludes halogenated alkanes) is 3. The van der Waals surface area contributed by atoms with Gasteiger partial charge in [-0.3, -0.25) is 0 Å². The molecule has 0 amide bonds. The lowest BCUT2D eigenvalue weighted by atomic mass is 9.99. The van der Waals surface area contributed by atoms with Crippen molar-refractivity contribution in [3.05, 3.63) is 32.7 Å². The number of rotatable bonds is 7. The predicted molar refractivity (Wildman–Crippen MR) is 87.2 cm³/mol. The van der Waals surface area contributed by atoms with E-state index in [4.69, 9.17) is 0 Å². The molecule has 0 aliphatic heterocycles. The molecule has 110 valence electrons. The second-order valence-corrected chi connectivity index (χ2v) is 6.04. The fraction of sp³-hybridized carbons (Fsp3) is 0.533. The first-order chi connectivity index (χ1) is 9.65. The minimum atomic E-state index is -0.159. The van der Waals surface area contributed by atoms with Gasteiger partial charge in [0.15, 0.2) is 0 Å². The minimum Gasteiger partial charge on any atom is -0.313 e. The Morgan fingerprint density at radius 3 is 2.55 bits per heavy atom. The molecule has 1 aromatic heterocycles. The maximum absolute atomic E-state index is 11.4. The van der Waals surface area contributed by atoms with Gasteiger partial charge in [-0.1, -0.05) is 48.5 Å². The van der Waals surface area contributed by atoms with Crippen molar-refractivity contribution in [3.8, 4) is 0 Å². The predicted octanol–water partition coefficient (Wildman–Crippen LogP) is 3.85. The summed E-state index contributed by atoms with van der Waals surface area (Å²) in [6.07, 6.45) is 6.14. The molecule has 3 N–H and O–H groups in total. The Bertz CT molecular complexity index is 617. The lowest BCUT2D eigenvalue weighted by Gasteiger charge is -2.18. The number of halogens is 1. The summed E-state index contributed by atoms with van der Waals surface area (Å²) in [5.74, 6) is 0. The van der Waals surface area contributed by atoms with Gasteiger partial charge in [-0.05, 0) is 31.2 Å². The Morgan fingerprint density at radius 2 is 1.90 bits per heavy atom. The molecule has 0 saturated heterocycles. The number of fused-ring (bicyclic) bond motifs is 1. The van der Waals surface area contributed by atoms with E-state index in [1.807, 2.05) is 13.1 Å². The van der Waals surface area contributed by atoms with Crippen LogP contribution in [0.25, 0.3) is 11.0 Å². The number of benzene rings is 1. The van der Waals surface area contributed by atoms with Crippen LogP contribution in [0.2, 0.25) is 0 Å². The molecule has 0 saturated carbocycles. The smallest absolute Gasteiger partial charge is 0.313 e. The van der Waals surface area contributed by atoms with Crippen LogP contribution < -0.4 is 11.0 Å². The zero-order valence-corrected chi connectivity index (χ0v) is 13.6. The first-order valence-corrected chi connectivity index (χ1v) is 8.03. The first kappa shape index (κ1) is 15.3. The van der Waals surface area contributed by atoms with Gasteiger partial charge in [-0.25, -0.2) is 4.79 Å². The SMILES string of the molecule is CCCCCCC(NC)c1cc2[nH]c(=O)[nH]c2cc1Br. The molecule has 5 heteroatoms. The molecule has 1 heterocycles. The number of aromatic amines is 2. The summed E-state index contributed by atoms with van der Waals surface area (Å²) in [6, 6.07) is 4.33. The summed E-state index contributed by atoms with van der Waals surface area (Å²) < 4.78 is 1.04. The van der Waals surface area contributed by atoms with Crippen LogP contribution in [0.15, 0.2) is 21.4 Å². The summed E-state index contributed by atoms with van der Waals surface area (Å²) in [5.41, 5.74) is 2.74. The van der Waals surface area contributed by atoms with Crippen LogP contribution in [0, 0.1) is 0 Å². The van der Waals surface area contributed by atoms with Crippen molar-refractivity contribution in [1.29, 1.82) is 0 Å². The molecule has 2 rings (SSSR count). The van der Waals surface area contributed by atoms with Crippen molar-refractivity contribution in [3.63, 3.8) is 0 Å². The highest BCUT2D eigenvalue weighted by molar-refractivity contribution is 9.10. The monoisotopic (exact) mass is 339 g/mol. The Kier molecular flexibility index (Phi) is 5.43. The maximum atomic E-state index is 11.4. The normalized spacial score (nSPS) is 12.9. The standard InChI is InChI=1S/C15H22BrN3O/c1-3-4-5-6-7-12(17-2)10-8-13-14(9-11(10)16)19-15(20)18-13/h8-9,12,17H,3-7H2,1-2H3,(H2,18,19,20). The molecular weight excluding hydrogens is 318 g/mol. The zero-order valence-electron chi connectivity index (χ0n) is 12.1. The molecule has 0 aliphatic rings. The second kappa shape index (κ2) is 7.09. The van der Waals surface area contributed by atoms with Gasteiger partial charge in [0, 0.05) is 10.5 Å². The summed E-state index contributed by atoms with van der Waals surface area (Å²) >= 11 is 3.61. The topological polar surface area (TPSA) is 60.7 Å². The summed E-state index contributed by atoms with van der Waals surface area (Å²) in [5, 5.41) is 3.38. The molecule has 1 unspecified atom stereocenters. The fourth-order valence-electron chi connectivity index (χ4n) is 2.57. The van der Waals surface area contributed by atoms with E-state index in [1.54, 1.807) is 0 Å². The van der Waals surface area contributed by atoms with Crippen molar-refractivity contribution < 1.29 is 0 Å². The number of nitrogens with one attached hydrogen (secondary N) is 3. The molecule has 1 atom stereocenters. The van der Waals surface area contributed by atoms with Gasteiger partial charge in [0.2, 0.25) is 0 Å². The number of aromatic nitrogens is 2. The van der Waals surface area contributed by atoms with Crippen molar-refractivity contribution >= 4 is 27.0 Å². The van der Waals surface area contributed by atoms with E-state index >= 15 is 0 Å². The molecule has 0 radical (unpaired) electrons. The molecule has 0 aliphatic carbocycles. The second-order valence-electron chi connectivity index (χ2n) is 5.19. The summed E-state index contributed by atoms with van der Waals surface area (Å²) in [7, 11) is 1.99. The zero-order chi connectivity index (χ0) is 14.5. The third-order valence-electron chi connectivity index (χ3n) is 3.70. The van der Waals surface area contributed by atoms with Crippen molar-refractivity contribution in [1.82, 2.24) is 15.3 Å². The van der Waals surface area contributed by atoms with E-state index in [0.717, 1.165) is 21.9 Å². The highest BCUT2D eigenvalue weighted by Crippen LogP contribution is 2.29. The van der Waals surface area contributed by atoms with Crippen LogP contribution in [0.3, 0.4) is 0 Å². The largest absolute Gasteiger partial charge is 0.323 e. The first-order valence-electron chi connectivity index (χ1n) is 7.24. The van der Waals surface area contributed by atoms with Crippen LogP contribution in [-0.2, 0) is 0 Å². The van der Waals surface area contributed by atoms with Crippen LogP contribution in [0.5, 0.6) is 0 Å². The van der Waals surface area contributed by atoms with Gasteiger partial charge in [-0.2, -0.15) is 0 Å². The van der Waals surface area contributed by atoms with E-state index in [0.29, 0.717) is 6.04 Å². The fourth-order valence-corrected chi connectivity index (χ4v) is 3.19. The number of hydrogen-bond acceptors (Lipinski definition) is 2. The van der Waals surface area contributed by atoms with Crippen LogP contribution >= 0.6 is 15.9 Å². The lowest BCUT2D eigenvalue weighted by molar-refractivity contribution is 0.504. The number of hydrogen-bond donors (Lipinski definition) is 3. The number of H-pyrrole nitrogens is 2. The molecule has 20 heavy (non-hydrogen) atoms. The van der Waals surface area contributed by atoms with E-state index in [-0.39, 0.29) is 5.69 Å². The Labute approximate surface area is 127 Å². The van der Waals surface area contributed by atoms with Crippen LogP contribution in [0.1, 0.15) is 50.6 Å². The average Bonchev–Trinajstić information content (AvgIpc) is 2.77.